The number of aromatic nitrogens is 2. The molecule has 9 heteroatoms. The Hall–Kier alpha value is -1.54. The summed E-state index contributed by atoms with van der Waals surface area (Å²) in [5.41, 5.74) is 11.4. The van der Waals surface area contributed by atoms with Crippen molar-refractivity contribution in [1.82, 2.24) is 15.6 Å². The molecule has 0 atom stereocenters. The highest BCUT2D eigenvalue weighted by molar-refractivity contribution is 5.85. The van der Waals surface area contributed by atoms with Crippen molar-refractivity contribution in [1.29, 1.82) is 0 Å². The summed E-state index contributed by atoms with van der Waals surface area (Å²) in [6, 6.07) is -0.544. The predicted octanol–water partition coefficient (Wildman–Crippen LogP) is 1.90. The fraction of sp³-hybridized carbons (Fsp3) is 0.750. The molecule has 1 rings (SSSR count). The van der Waals surface area contributed by atoms with Gasteiger partial charge < -0.3 is 15.9 Å². The number of nitrogens with two attached hydrogens (primary N) is 3. The van der Waals surface area contributed by atoms with Crippen molar-refractivity contribution < 1.29 is 9.21 Å². The summed E-state index contributed by atoms with van der Waals surface area (Å²) >= 11 is 0. The fourth-order valence-electron chi connectivity index (χ4n) is 1.60. The van der Waals surface area contributed by atoms with Gasteiger partial charge in [0.05, 0.1) is 0 Å². The largest absolute Gasteiger partial charge is 0.408 e. The number of hydrogen-bond donors (Lipinski definition) is 4. The first kappa shape index (κ1) is 21.8. The first-order valence-electron chi connectivity index (χ1n) is 6.94. The molecule has 2 amide bonds. The molecule has 0 saturated carbocycles. The first-order chi connectivity index (χ1) is 9.60. The van der Waals surface area contributed by atoms with Crippen molar-refractivity contribution in [3.8, 4) is 0 Å². The van der Waals surface area contributed by atoms with E-state index < -0.39 is 6.03 Å². The van der Waals surface area contributed by atoms with E-state index in [2.05, 4.69) is 28.7 Å². The van der Waals surface area contributed by atoms with Gasteiger partial charge in [0.15, 0.2) is 0 Å². The lowest BCUT2D eigenvalue weighted by Gasteiger charge is -1.98. The van der Waals surface area contributed by atoms with Crippen molar-refractivity contribution in [3.63, 3.8) is 0 Å². The molecule has 8 nitrogen and oxygen atoms in total. The number of unbranched alkanes of at least 4 members (excludes halogenated alkanes) is 6. The SMILES string of the molecule is CCCCCCCCCc1nnc(N)o1.Cl.NNC(N)=O. The van der Waals surface area contributed by atoms with Gasteiger partial charge in [-0.2, -0.15) is 0 Å². The van der Waals surface area contributed by atoms with E-state index in [9.17, 15) is 4.79 Å². The molecular formula is C12H27ClN6O2. The third-order valence-corrected chi connectivity index (χ3v) is 2.62. The number of hydrogen-bond acceptors (Lipinski definition) is 6. The van der Waals surface area contributed by atoms with E-state index in [0.717, 1.165) is 12.8 Å². The Morgan fingerprint density at radius 1 is 1.14 bits per heavy atom. The second kappa shape index (κ2) is 14.9. The quantitative estimate of drug-likeness (QED) is 0.249. The molecule has 7 N–H and O–H groups in total. The molecule has 1 aromatic heterocycles. The second-order valence-corrected chi connectivity index (χ2v) is 4.41. The highest BCUT2D eigenvalue weighted by Gasteiger charge is 2.01. The smallest absolute Gasteiger partial charge is 0.326 e. The third-order valence-electron chi connectivity index (χ3n) is 2.62. The average Bonchev–Trinajstić information content (AvgIpc) is 2.84. The standard InChI is InChI=1S/C11H21N3O.CH5N3O.ClH/c1-2-3-4-5-6-7-8-9-10-13-14-11(12)15-10;2-1(5)4-3;/h2-9H2,1H3,(H2,12,14);3H2,(H3,2,4,5);1H. The van der Waals surface area contributed by atoms with Crippen molar-refractivity contribution in [2.45, 2.75) is 58.3 Å². The minimum Gasteiger partial charge on any atom is -0.408 e. The van der Waals surface area contributed by atoms with E-state index in [1.807, 2.05) is 0 Å². The van der Waals surface area contributed by atoms with Gasteiger partial charge in [-0.1, -0.05) is 50.5 Å². The van der Waals surface area contributed by atoms with Crippen LogP contribution in [-0.2, 0) is 6.42 Å². The number of aryl methyl sites for hydroxylation is 1. The van der Waals surface area contributed by atoms with E-state index in [0.29, 0.717) is 5.89 Å². The number of anilines is 1. The van der Waals surface area contributed by atoms with Gasteiger partial charge in [-0.25, -0.2) is 10.6 Å². The number of carbonyl (C=O) groups is 1. The Morgan fingerprint density at radius 2 is 1.67 bits per heavy atom. The van der Waals surface area contributed by atoms with Gasteiger partial charge in [-0.15, -0.1) is 17.5 Å². The van der Waals surface area contributed by atoms with E-state index in [-0.39, 0.29) is 18.4 Å². The van der Waals surface area contributed by atoms with Gasteiger partial charge in [0, 0.05) is 6.42 Å². The molecule has 0 saturated heterocycles. The Balaban J connectivity index is 0. The summed E-state index contributed by atoms with van der Waals surface area (Å²) in [4.78, 5) is 9.35. The number of halogens is 1. The van der Waals surface area contributed by atoms with Gasteiger partial charge >= 0.3 is 12.0 Å². The molecule has 0 aliphatic carbocycles. The molecule has 124 valence electrons. The van der Waals surface area contributed by atoms with Crippen LogP contribution in [0.4, 0.5) is 10.8 Å². The van der Waals surface area contributed by atoms with Crippen molar-refractivity contribution in [2.75, 3.05) is 5.73 Å². The van der Waals surface area contributed by atoms with Gasteiger partial charge in [0.25, 0.3) is 0 Å². The van der Waals surface area contributed by atoms with Crippen molar-refractivity contribution in [2.24, 2.45) is 11.6 Å². The predicted molar refractivity (Wildman–Crippen MR) is 84.6 cm³/mol. The fourth-order valence-corrected chi connectivity index (χ4v) is 1.60. The number of hydrazine groups is 1. The summed E-state index contributed by atoms with van der Waals surface area (Å²) in [6.07, 6.45) is 9.91. The van der Waals surface area contributed by atoms with Crippen LogP contribution >= 0.6 is 12.4 Å². The monoisotopic (exact) mass is 322 g/mol. The Labute approximate surface area is 131 Å². The molecule has 0 aliphatic heterocycles. The zero-order valence-electron chi connectivity index (χ0n) is 12.5. The zero-order chi connectivity index (χ0) is 15.2. The van der Waals surface area contributed by atoms with E-state index >= 15 is 0 Å². The molecule has 0 bridgehead atoms. The average molecular weight is 323 g/mol. The van der Waals surface area contributed by atoms with E-state index in [4.69, 9.17) is 10.2 Å². The number of carbonyl (C=O) groups excluding carboxylic acids is 1. The molecule has 0 spiro atoms. The molecular weight excluding hydrogens is 296 g/mol. The summed E-state index contributed by atoms with van der Waals surface area (Å²) in [6.45, 7) is 2.24. The van der Waals surface area contributed by atoms with Gasteiger partial charge in [0.1, 0.15) is 0 Å². The van der Waals surface area contributed by atoms with Gasteiger partial charge in [-0.05, 0) is 6.42 Å². The molecule has 1 heterocycles. The molecule has 0 aromatic carbocycles. The maximum atomic E-state index is 9.35. The number of amides is 2. The van der Waals surface area contributed by atoms with Crippen LogP contribution < -0.4 is 22.7 Å². The van der Waals surface area contributed by atoms with Crippen molar-refractivity contribution in [3.05, 3.63) is 5.89 Å². The van der Waals surface area contributed by atoms with E-state index in [1.54, 1.807) is 5.43 Å². The lowest BCUT2D eigenvalue weighted by Crippen LogP contribution is -2.34. The normalized spacial score (nSPS) is 9.24. The van der Waals surface area contributed by atoms with Crippen molar-refractivity contribution >= 4 is 24.5 Å². The van der Waals surface area contributed by atoms with Crippen LogP contribution in [0.25, 0.3) is 0 Å². The van der Waals surface area contributed by atoms with Crippen LogP contribution in [-0.4, -0.2) is 16.2 Å². The second-order valence-electron chi connectivity index (χ2n) is 4.41. The minimum atomic E-state index is -0.718. The van der Waals surface area contributed by atoms with Crippen LogP contribution in [0.15, 0.2) is 4.42 Å². The molecule has 0 unspecified atom stereocenters. The topological polar surface area (TPSA) is 146 Å². The number of primary amides is 1. The van der Waals surface area contributed by atoms with Crippen LogP contribution in [0.1, 0.15) is 57.8 Å². The van der Waals surface area contributed by atoms with Gasteiger partial charge in [0.2, 0.25) is 5.89 Å². The summed E-state index contributed by atoms with van der Waals surface area (Å²) in [5.74, 6) is 5.11. The maximum absolute atomic E-state index is 9.35. The number of rotatable bonds is 8. The zero-order valence-corrected chi connectivity index (χ0v) is 13.3. The molecule has 1 aromatic rings. The van der Waals surface area contributed by atoms with Crippen LogP contribution in [0.2, 0.25) is 0 Å². The summed E-state index contributed by atoms with van der Waals surface area (Å²) in [7, 11) is 0. The molecule has 21 heavy (non-hydrogen) atoms. The number of urea groups is 1. The first-order valence-corrected chi connectivity index (χ1v) is 6.94. The Kier molecular flexibility index (Phi) is 15.4. The summed E-state index contributed by atoms with van der Waals surface area (Å²) in [5, 5.41) is 7.44. The highest BCUT2D eigenvalue weighted by Crippen LogP contribution is 2.10. The molecule has 0 aliphatic rings. The van der Waals surface area contributed by atoms with E-state index in [1.165, 1.54) is 38.5 Å². The number of nitrogens with zero attached hydrogens (tertiary/aromatic N) is 2. The Morgan fingerprint density at radius 3 is 2.10 bits per heavy atom. The van der Waals surface area contributed by atoms with Crippen LogP contribution in [0.3, 0.4) is 0 Å². The summed E-state index contributed by atoms with van der Waals surface area (Å²) < 4.78 is 5.08. The number of nitrogens with one attached hydrogen (secondary N) is 1. The lowest BCUT2D eigenvalue weighted by atomic mass is 10.1. The van der Waals surface area contributed by atoms with Crippen LogP contribution in [0.5, 0.6) is 0 Å². The number of nitrogen functional groups attached to an aromatic ring is 1. The van der Waals surface area contributed by atoms with Gasteiger partial charge in [-0.3, -0.25) is 5.43 Å². The Bertz CT molecular complexity index is 361. The molecule has 0 radical (unpaired) electrons. The third kappa shape index (κ3) is 14.7. The molecule has 0 fully saturated rings. The maximum Gasteiger partial charge on any atom is 0.326 e. The van der Waals surface area contributed by atoms with Crippen LogP contribution in [0, 0.1) is 0 Å². The minimum absolute atomic E-state index is 0. The lowest BCUT2D eigenvalue weighted by molar-refractivity contribution is 0.249. The highest BCUT2D eigenvalue weighted by atomic mass is 35.5.